The average molecular weight is 268 g/mol. The number of thioether (sulfide) groups is 1. The number of allylic oxidation sites excluding steroid dienone is 1. The molecule has 0 aliphatic heterocycles. The van der Waals surface area contributed by atoms with Crippen LogP contribution in [0.3, 0.4) is 0 Å². The van der Waals surface area contributed by atoms with Gasteiger partial charge in [0.1, 0.15) is 11.6 Å². The van der Waals surface area contributed by atoms with E-state index in [1.54, 1.807) is 18.6 Å². The van der Waals surface area contributed by atoms with E-state index in [9.17, 15) is 5.26 Å². The minimum absolute atomic E-state index is 0.525. The zero-order valence-corrected chi connectivity index (χ0v) is 11.2. The standard InChI is InChI=1S/C14H12N4S/c1-19-14(18-11-5-4-7-16-10-11)12(9-15)13-6-2-3-8-17-13/h2-8,10,18H,1H3/b14-12-. The van der Waals surface area contributed by atoms with Crippen LogP contribution in [0.15, 0.2) is 54.0 Å². The largest absolute Gasteiger partial charge is 0.348 e. The number of nitrogens with zero attached hydrogens (tertiary/aromatic N) is 3. The van der Waals surface area contributed by atoms with Crippen LogP contribution in [-0.2, 0) is 0 Å². The number of hydrogen-bond acceptors (Lipinski definition) is 5. The second-order valence-corrected chi connectivity index (χ2v) is 4.42. The zero-order chi connectivity index (χ0) is 13.5. The van der Waals surface area contributed by atoms with E-state index in [1.807, 2.05) is 36.6 Å². The van der Waals surface area contributed by atoms with Gasteiger partial charge in [-0.25, -0.2) is 0 Å². The molecule has 0 atom stereocenters. The predicted molar refractivity (Wildman–Crippen MR) is 78.1 cm³/mol. The Morgan fingerprint density at radius 1 is 1.26 bits per heavy atom. The molecule has 0 fully saturated rings. The van der Waals surface area contributed by atoms with Crippen LogP contribution in [0.4, 0.5) is 5.69 Å². The van der Waals surface area contributed by atoms with Gasteiger partial charge < -0.3 is 5.32 Å². The molecule has 2 aromatic rings. The first-order chi connectivity index (χ1) is 9.35. The van der Waals surface area contributed by atoms with E-state index >= 15 is 0 Å². The van der Waals surface area contributed by atoms with Crippen LogP contribution in [0, 0.1) is 11.3 Å². The van der Waals surface area contributed by atoms with Crippen LogP contribution in [0.2, 0.25) is 0 Å². The van der Waals surface area contributed by atoms with E-state index in [0.717, 1.165) is 10.7 Å². The summed E-state index contributed by atoms with van der Waals surface area (Å²) in [5.41, 5.74) is 2.03. The third kappa shape index (κ3) is 3.33. The first kappa shape index (κ1) is 13.1. The van der Waals surface area contributed by atoms with E-state index < -0.39 is 0 Å². The Labute approximate surface area is 116 Å². The van der Waals surface area contributed by atoms with Crippen molar-refractivity contribution < 1.29 is 0 Å². The van der Waals surface area contributed by atoms with Crippen molar-refractivity contribution in [2.45, 2.75) is 0 Å². The molecule has 0 aromatic carbocycles. The van der Waals surface area contributed by atoms with Crippen LogP contribution in [0.1, 0.15) is 5.69 Å². The molecule has 0 spiro atoms. The Morgan fingerprint density at radius 2 is 2.16 bits per heavy atom. The molecule has 0 aliphatic carbocycles. The molecule has 94 valence electrons. The number of nitrogens with one attached hydrogen (secondary N) is 1. The van der Waals surface area contributed by atoms with Crippen molar-refractivity contribution in [1.82, 2.24) is 9.97 Å². The van der Waals surface area contributed by atoms with Crippen LogP contribution in [0.5, 0.6) is 0 Å². The number of pyridine rings is 2. The molecule has 0 saturated heterocycles. The number of nitriles is 1. The lowest BCUT2D eigenvalue weighted by Crippen LogP contribution is -2.00. The molecule has 2 rings (SSSR count). The molecule has 2 aromatic heterocycles. The topological polar surface area (TPSA) is 61.6 Å². The minimum atomic E-state index is 0.525. The molecular weight excluding hydrogens is 256 g/mol. The monoisotopic (exact) mass is 268 g/mol. The van der Waals surface area contributed by atoms with Gasteiger partial charge in [0.15, 0.2) is 0 Å². The fourth-order valence-corrected chi connectivity index (χ4v) is 2.09. The first-order valence-corrected chi connectivity index (χ1v) is 6.84. The summed E-state index contributed by atoms with van der Waals surface area (Å²) in [7, 11) is 0. The molecular formula is C14H12N4S. The normalized spacial score (nSPS) is 11.4. The van der Waals surface area contributed by atoms with Crippen molar-refractivity contribution in [2.75, 3.05) is 11.6 Å². The second kappa shape index (κ2) is 6.57. The number of rotatable bonds is 4. The van der Waals surface area contributed by atoms with Gasteiger partial charge in [-0.2, -0.15) is 5.26 Å². The molecule has 0 bridgehead atoms. The molecule has 4 nitrogen and oxygen atoms in total. The highest BCUT2D eigenvalue weighted by molar-refractivity contribution is 8.02. The summed E-state index contributed by atoms with van der Waals surface area (Å²) in [6, 6.07) is 11.4. The van der Waals surface area contributed by atoms with E-state index in [4.69, 9.17) is 0 Å². The Hall–Kier alpha value is -2.32. The van der Waals surface area contributed by atoms with Gasteiger partial charge in [0.25, 0.3) is 0 Å². The third-order valence-electron chi connectivity index (χ3n) is 2.38. The lowest BCUT2D eigenvalue weighted by atomic mass is 10.2. The van der Waals surface area contributed by atoms with Crippen LogP contribution in [-0.4, -0.2) is 16.2 Å². The summed E-state index contributed by atoms with van der Waals surface area (Å²) in [5, 5.41) is 13.3. The van der Waals surface area contributed by atoms with Crippen molar-refractivity contribution in [3.63, 3.8) is 0 Å². The molecule has 5 heteroatoms. The van der Waals surface area contributed by atoms with Gasteiger partial charge in [0, 0.05) is 12.4 Å². The molecule has 0 saturated carbocycles. The minimum Gasteiger partial charge on any atom is -0.348 e. The summed E-state index contributed by atoms with van der Waals surface area (Å²) in [6.07, 6.45) is 7.01. The molecule has 0 unspecified atom stereocenters. The Kier molecular flexibility index (Phi) is 4.54. The summed E-state index contributed by atoms with van der Waals surface area (Å²) < 4.78 is 0. The predicted octanol–water partition coefficient (Wildman–Crippen LogP) is 3.14. The summed E-state index contributed by atoms with van der Waals surface area (Å²) >= 11 is 1.47. The van der Waals surface area contributed by atoms with E-state index in [-0.39, 0.29) is 0 Å². The highest BCUT2D eigenvalue weighted by Gasteiger charge is 2.09. The van der Waals surface area contributed by atoms with Crippen molar-refractivity contribution in [3.8, 4) is 6.07 Å². The van der Waals surface area contributed by atoms with Gasteiger partial charge in [-0.1, -0.05) is 6.07 Å². The van der Waals surface area contributed by atoms with E-state index in [2.05, 4.69) is 21.4 Å². The summed E-state index contributed by atoms with van der Waals surface area (Å²) in [5.74, 6) is 0. The number of anilines is 1. The smallest absolute Gasteiger partial charge is 0.108 e. The van der Waals surface area contributed by atoms with Gasteiger partial charge in [0.05, 0.1) is 22.6 Å². The van der Waals surface area contributed by atoms with E-state index in [0.29, 0.717) is 11.3 Å². The number of aromatic nitrogens is 2. The van der Waals surface area contributed by atoms with Crippen molar-refractivity contribution >= 4 is 23.0 Å². The van der Waals surface area contributed by atoms with E-state index in [1.165, 1.54) is 11.8 Å². The SMILES string of the molecule is CS/C(Nc1cccnc1)=C(/C#N)c1ccccn1. The molecule has 1 N–H and O–H groups in total. The maximum Gasteiger partial charge on any atom is 0.108 e. The van der Waals surface area contributed by atoms with Crippen LogP contribution >= 0.6 is 11.8 Å². The molecule has 0 aliphatic rings. The summed E-state index contributed by atoms with van der Waals surface area (Å²) in [4.78, 5) is 8.25. The van der Waals surface area contributed by atoms with Gasteiger partial charge >= 0.3 is 0 Å². The van der Waals surface area contributed by atoms with Gasteiger partial charge in [0.2, 0.25) is 0 Å². The van der Waals surface area contributed by atoms with Crippen LogP contribution < -0.4 is 5.32 Å². The van der Waals surface area contributed by atoms with Crippen LogP contribution in [0.25, 0.3) is 5.57 Å². The van der Waals surface area contributed by atoms with Gasteiger partial charge in [-0.15, -0.1) is 11.8 Å². The second-order valence-electron chi connectivity index (χ2n) is 3.60. The summed E-state index contributed by atoms with van der Waals surface area (Å²) in [6.45, 7) is 0. The Morgan fingerprint density at radius 3 is 2.74 bits per heavy atom. The van der Waals surface area contributed by atoms with Crippen molar-refractivity contribution in [2.24, 2.45) is 0 Å². The van der Waals surface area contributed by atoms with Crippen molar-refractivity contribution in [1.29, 1.82) is 5.26 Å². The lowest BCUT2D eigenvalue weighted by Gasteiger charge is -2.10. The lowest BCUT2D eigenvalue weighted by molar-refractivity contribution is 1.27. The van der Waals surface area contributed by atoms with Crippen molar-refractivity contribution in [3.05, 3.63) is 59.6 Å². The maximum absolute atomic E-state index is 9.34. The average Bonchev–Trinajstić information content (AvgIpc) is 2.49. The van der Waals surface area contributed by atoms with Gasteiger partial charge in [-0.3, -0.25) is 9.97 Å². The zero-order valence-electron chi connectivity index (χ0n) is 10.4. The third-order valence-corrected chi connectivity index (χ3v) is 3.10. The first-order valence-electron chi connectivity index (χ1n) is 5.62. The highest BCUT2D eigenvalue weighted by atomic mass is 32.2. The fourth-order valence-electron chi connectivity index (χ4n) is 1.52. The number of hydrogen-bond donors (Lipinski definition) is 1. The maximum atomic E-state index is 9.34. The quantitative estimate of drug-likeness (QED) is 0.863. The van der Waals surface area contributed by atoms with Gasteiger partial charge in [-0.05, 0) is 30.5 Å². The molecule has 0 amide bonds. The highest BCUT2D eigenvalue weighted by Crippen LogP contribution is 2.25. The molecule has 19 heavy (non-hydrogen) atoms. The fraction of sp³-hybridized carbons (Fsp3) is 0.0714. The Bertz CT molecular complexity index is 602. The molecule has 0 radical (unpaired) electrons. The molecule has 2 heterocycles. The Balaban J connectivity index is 2.38.